The van der Waals surface area contributed by atoms with Gasteiger partial charge in [0.1, 0.15) is 17.6 Å². The molecule has 0 bridgehead atoms. The first kappa shape index (κ1) is 30.5. The van der Waals surface area contributed by atoms with Crippen molar-refractivity contribution in [2.45, 2.75) is 50.4 Å². The van der Waals surface area contributed by atoms with Crippen LogP contribution in [0.5, 0.6) is 5.75 Å². The number of benzene rings is 2. The number of fused-ring (bicyclic) bond motifs is 1. The highest BCUT2D eigenvalue weighted by molar-refractivity contribution is 7.20. The molecule has 1 aromatic heterocycles. The van der Waals surface area contributed by atoms with Crippen molar-refractivity contribution in [3.8, 4) is 23.7 Å². The van der Waals surface area contributed by atoms with Gasteiger partial charge in [-0.05, 0) is 48.8 Å². The van der Waals surface area contributed by atoms with Gasteiger partial charge in [0.25, 0.3) is 5.91 Å². The maximum Gasteiger partial charge on any atom is 0.393 e. The molecule has 43 heavy (non-hydrogen) atoms. The van der Waals surface area contributed by atoms with Crippen molar-refractivity contribution in [3.05, 3.63) is 52.2 Å². The quantitative estimate of drug-likeness (QED) is 0.206. The van der Waals surface area contributed by atoms with Crippen molar-refractivity contribution < 1.29 is 27.1 Å². The molecule has 0 radical (unpaired) electrons. The normalized spacial score (nSPS) is 15.8. The predicted molar refractivity (Wildman–Crippen MR) is 159 cm³/mol. The molecule has 2 aromatic carbocycles. The summed E-state index contributed by atoms with van der Waals surface area (Å²) in [6.45, 7) is 1.66. The topological polar surface area (TPSA) is 89.4 Å². The lowest BCUT2D eigenvalue weighted by Crippen LogP contribution is -2.40. The van der Waals surface area contributed by atoms with E-state index in [4.69, 9.17) is 10.00 Å². The van der Waals surface area contributed by atoms with Crippen molar-refractivity contribution >= 4 is 38.7 Å². The number of anilines is 2. The lowest BCUT2D eigenvalue weighted by atomic mass is 10.0. The van der Waals surface area contributed by atoms with Crippen molar-refractivity contribution in [1.29, 1.82) is 5.26 Å². The number of nitriles is 1. The Labute approximate surface area is 251 Å². The molecule has 12 heteroatoms. The SMILES string of the molecule is CNC(=O)c1cc(OCC#N)c(NCC#Cc2sc3c(NC4CCN(C5CC5)CC4)cccc3c2CC(F)(F)F)cc1F. The maximum absolute atomic E-state index is 14.6. The van der Waals surface area contributed by atoms with Gasteiger partial charge in [-0.25, -0.2) is 4.39 Å². The van der Waals surface area contributed by atoms with Crippen molar-refractivity contribution in [1.82, 2.24) is 10.2 Å². The van der Waals surface area contributed by atoms with Crippen LogP contribution in [0.4, 0.5) is 28.9 Å². The van der Waals surface area contributed by atoms with Gasteiger partial charge < -0.3 is 25.6 Å². The molecule has 0 spiro atoms. The highest BCUT2D eigenvalue weighted by Gasteiger charge is 2.33. The molecule has 1 amide bonds. The molecule has 2 fully saturated rings. The van der Waals surface area contributed by atoms with Gasteiger partial charge in [-0.1, -0.05) is 24.0 Å². The van der Waals surface area contributed by atoms with E-state index in [1.807, 2.05) is 12.1 Å². The fraction of sp³-hybridized carbons (Fsp3) is 0.419. The second-order valence-corrected chi connectivity index (χ2v) is 11.6. The molecule has 1 saturated heterocycles. The van der Waals surface area contributed by atoms with Gasteiger partial charge in [-0.15, -0.1) is 11.3 Å². The van der Waals surface area contributed by atoms with Crippen LogP contribution >= 0.6 is 11.3 Å². The second kappa shape index (κ2) is 13.1. The van der Waals surface area contributed by atoms with Crippen molar-refractivity contribution in [2.24, 2.45) is 0 Å². The van der Waals surface area contributed by atoms with Gasteiger partial charge in [0.2, 0.25) is 0 Å². The fourth-order valence-electron chi connectivity index (χ4n) is 5.32. The van der Waals surface area contributed by atoms with E-state index in [1.165, 1.54) is 37.3 Å². The van der Waals surface area contributed by atoms with Crippen LogP contribution in [0, 0.1) is 29.0 Å². The summed E-state index contributed by atoms with van der Waals surface area (Å²) in [5.41, 5.74) is 0.840. The summed E-state index contributed by atoms with van der Waals surface area (Å²) in [6.07, 6.45) is -1.02. The molecule has 7 nitrogen and oxygen atoms in total. The van der Waals surface area contributed by atoms with Crippen LogP contribution in [0.1, 0.15) is 46.5 Å². The van der Waals surface area contributed by atoms with Crippen LogP contribution in [-0.4, -0.2) is 62.4 Å². The molecule has 2 heterocycles. The van der Waals surface area contributed by atoms with Crippen LogP contribution in [0.15, 0.2) is 30.3 Å². The molecular weight excluding hydrogens is 582 g/mol. The van der Waals surface area contributed by atoms with Crippen LogP contribution in [0.3, 0.4) is 0 Å². The Hall–Kier alpha value is -4.00. The highest BCUT2D eigenvalue weighted by Crippen LogP contribution is 2.40. The number of nitrogens with one attached hydrogen (secondary N) is 3. The average molecular weight is 614 g/mol. The van der Waals surface area contributed by atoms with E-state index >= 15 is 0 Å². The Kier molecular flexibility index (Phi) is 9.28. The Morgan fingerprint density at radius 2 is 1.93 bits per heavy atom. The number of halogens is 4. The molecule has 5 rings (SSSR count). The van der Waals surface area contributed by atoms with Crippen molar-refractivity contribution in [2.75, 3.05) is 43.9 Å². The van der Waals surface area contributed by atoms with Crippen LogP contribution in [0.2, 0.25) is 0 Å². The standard InChI is InChI=1S/C31H31F4N5O2S/c1-37-30(41)22-16-27(42-15-11-36)26(17-24(22)32)38-12-3-6-28-23(18-31(33,34)35)21-4-2-5-25(29(21)43-28)39-19-9-13-40(14-10-19)20-7-8-20/h2,4-5,16-17,19-20,38-39H,7-10,12-15,18H2,1H3,(H,37,41). The van der Waals surface area contributed by atoms with E-state index in [1.54, 1.807) is 12.1 Å². The summed E-state index contributed by atoms with van der Waals surface area (Å²) in [7, 11) is 1.36. The van der Waals surface area contributed by atoms with E-state index in [9.17, 15) is 22.4 Å². The molecule has 0 unspecified atom stereocenters. The summed E-state index contributed by atoms with van der Waals surface area (Å²) >= 11 is 1.23. The van der Waals surface area contributed by atoms with E-state index in [2.05, 4.69) is 32.7 Å². The number of carbonyl (C=O) groups is 1. The first-order valence-electron chi connectivity index (χ1n) is 14.1. The van der Waals surface area contributed by atoms with Crippen LogP contribution in [0.25, 0.3) is 10.1 Å². The highest BCUT2D eigenvalue weighted by atomic mass is 32.1. The molecule has 1 saturated carbocycles. The monoisotopic (exact) mass is 613 g/mol. The number of hydrogen-bond donors (Lipinski definition) is 3. The number of hydrogen-bond acceptors (Lipinski definition) is 7. The van der Waals surface area contributed by atoms with E-state index < -0.39 is 24.3 Å². The number of thiophene rings is 1. The number of nitrogens with zero attached hydrogens (tertiary/aromatic N) is 2. The molecule has 226 valence electrons. The maximum atomic E-state index is 14.6. The molecule has 3 N–H and O–H groups in total. The van der Waals surface area contributed by atoms with Gasteiger partial charge in [0.15, 0.2) is 6.61 Å². The molecule has 0 atom stereocenters. The van der Waals surface area contributed by atoms with Gasteiger partial charge in [-0.3, -0.25) is 4.79 Å². The third-order valence-corrected chi connectivity index (χ3v) is 8.75. The number of piperidine rings is 1. The molecule has 1 aliphatic carbocycles. The number of amides is 1. The van der Waals surface area contributed by atoms with E-state index in [0.29, 0.717) is 10.3 Å². The number of ether oxygens (including phenoxy) is 1. The number of carbonyl (C=O) groups excluding carboxylic acids is 1. The Bertz CT molecular complexity index is 1590. The first-order chi connectivity index (χ1) is 20.7. The summed E-state index contributed by atoms with van der Waals surface area (Å²) in [5.74, 6) is 4.33. The fourth-order valence-corrected chi connectivity index (χ4v) is 6.49. The first-order valence-corrected chi connectivity index (χ1v) is 14.9. The van der Waals surface area contributed by atoms with Gasteiger partial charge in [-0.2, -0.15) is 18.4 Å². The van der Waals surface area contributed by atoms with Crippen LogP contribution < -0.4 is 20.7 Å². The summed E-state index contributed by atoms with van der Waals surface area (Å²) < 4.78 is 61.6. The predicted octanol–water partition coefficient (Wildman–Crippen LogP) is 5.91. The van der Waals surface area contributed by atoms with E-state index in [0.717, 1.165) is 48.4 Å². The third kappa shape index (κ3) is 7.51. The third-order valence-electron chi connectivity index (χ3n) is 7.55. The minimum Gasteiger partial charge on any atom is -0.477 e. The molecule has 1 aliphatic heterocycles. The number of alkyl halides is 3. The lowest BCUT2D eigenvalue weighted by Gasteiger charge is -2.33. The summed E-state index contributed by atoms with van der Waals surface area (Å²) in [5, 5.41) is 18.2. The smallest absolute Gasteiger partial charge is 0.393 e. The number of rotatable bonds is 9. The van der Waals surface area contributed by atoms with Crippen molar-refractivity contribution in [3.63, 3.8) is 0 Å². The van der Waals surface area contributed by atoms with E-state index in [-0.39, 0.29) is 41.8 Å². The zero-order valence-electron chi connectivity index (χ0n) is 23.5. The average Bonchev–Trinajstić information content (AvgIpc) is 3.77. The van der Waals surface area contributed by atoms with Gasteiger partial charge in [0.05, 0.1) is 39.5 Å². The lowest BCUT2D eigenvalue weighted by molar-refractivity contribution is -0.126. The second-order valence-electron chi connectivity index (χ2n) is 10.6. The summed E-state index contributed by atoms with van der Waals surface area (Å²) in [6, 6.07) is 10.4. The minimum absolute atomic E-state index is 0.0496. The Morgan fingerprint density at radius 1 is 1.16 bits per heavy atom. The molecule has 3 aromatic rings. The number of likely N-dealkylation sites (tertiary alicyclic amines) is 1. The zero-order valence-corrected chi connectivity index (χ0v) is 24.4. The minimum atomic E-state index is -4.42. The zero-order chi connectivity index (χ0) is 30.6. The molecular formula is C31H31F4N5O2S. The van der Waals surface area contributed by atoms with Gasteiger partial charge >= 0.3 is 6.18 Å². The van der Waals surface area contributed by atoms with Crippen LogP contribution in [-0.2, 0) is 6.42 Å². The molecule has 2 aliphatic rings. The Balaban J connectivity index is 1.37. The summed E-state index contributed by atoms with van der Waals surface area (Å²) in [4.78, 5) is 14.8. The largest absolute Gasteiger partial charge is 0.477 e. The van der Waals surface area contributed by atoms with Gasteiger partial charge in [0, 0.05) is 38.3 Å². The Morgan fingerprint density at radius 3 is 2.60 bits per heavy atom.